The van der Waals surface area contributed by atoms with E-state index in [9.17, 15) is 8.42 Å². The van der Waals surface area contributed by atoms with Gasteiger partial charge in [-0.15, -0.1) is 4.40 Å². The minimum absolute atomic E-state index is 0.0317. The number of nitrogens with one attached hydrogen (secondary N) is 1. The number of anilines is 1. The predicted octanol–water partition coefficient (Wildman–Crippen LogP) is 7.46. The van der Waals surface area contributed by atoms with Gasteiger partial charge in [-0.25, -0.2) is 12.8 Å². The summed E-state index contributed by atoms with van der Waals surface area (Å²) in [6.45, 7) is 4.04. The highest BCUT2D eigenvalue weighted by atomic mass is 35.5. The van der Waals surface area contributed by atoms with Crippen LogP contribution in [0.2, 0.25) is 5.02 Å². The van der Waals surface area contributed by atoms with Crippen molar-refractivity contribution in [1.82, 2.24) is 9.88 Å². The molecule has 1 N–H and O–H groups in total. The number of sulfonamides is 1. The van der Waals surface area contributed by atoms with Crippen LogP contribution in [0.15, 0.2) is 71.3 Å². The third-order valence-electron chi connectivity index (χ3n) is 7.81. The molecule has 0 spiro atoms. The van der Waals surface area contributed by atoms with Gasteiger partial charge in [0.15, 0.2) is 23.1 Å². The summed E-state index contributed by atoms with van der Waals surface area (Å²) < 4.78 is 67.9. The van der Waals surface area contributed by atoms with E-state index >= 15 is 4.39 Å². The Morgan fingerprint density at radius 3 is 2.48 bits per heavy atom. The number of pyridine rings is 1. The number of halogens is 2. The number of hydrogen-bond acceptors (Lipinski definition) is 8. The Morgan fingerprint density at radius 1 is 0.958 bits per heavy atom. The molecule has 1 fully saturated rings. The monoisotopic (exact) mass is 698 g/mol. The fraction of sp³-hybridized carbons (Fsp3) is 0.371. The topological polar surface area (TPSA) is 112 Å². The SMILES string of the molecule is COCCC(=NS(=O)(=O)Cc1ccc(Cl)cc1)Nc1ccc(Oc2ccnc3cc(OCCCN4CCCCC4)c(OC)cc23)c(F)c1. The van der Waals surface area contributed by atoms with Gasteiger partial charge in [-0.05, 0) is 74.3 Å². The number of methoxy groups -OCH3 is 2. The molecule has 0 amide bonds. The summed E-state index contributed by atoms with van der Waals surface area (Å²) >= 11 is 5.91. The van der Waals surface area contributed by atoms with Crippen molar-refractivity contribution >= 4 is 44.1 Å². The van der Waals surface area contributed by atoms with Crippen molar-refractivity contribution in [2.75, 3.05) is 52.4 Å². The van der Waals surface area contributed by atoms with Crippen LogP contribution in [0.4, 0.5) is 10.1 Å². The summed E-state index contributed by atoms with van der Waals surface area (Å²) in [5, 5.41) is 4.04. The molecule has 0 atom stereocenters. The van der Waals surface area contributed by atoms with Gasteiger partial charge in [-0.2, -0.15) is 0 Å². The highest BCUT2D eigenvalue weighted by Crippen LogP contribution is 2.38. The maximum absolute atomic E-state index is 15.4. The van der Waals surface area contributed by atoms with Crippen molar-refractivity contribution in [2.24, 2.45) is 4.40 Å². The van der Waals surface area contributed by atoms with Gasteiger partial charge < -0.3 is 29.2 Å². The maximum Gasteiger partial charge on any atom is 0.258 e. The molecule has 13 heteroatoms. The van der Waals surface area contributed by atoms with E-state index < -0.39 is 15.8 Å². The van der Waals surface area contributed by atoms with Gasteiger partial charge in [0.25, 0.3) is 10.0 Å². The second-order valence-electron chi connectivity index (χ2n) is 11.4. The number of fused-ring (bicyclic) bond motifs is 1. The van der Waals surface area contributed by atoms with Crippen LogP contribution in [-0.2, 0) is 20.5 Å². The van der Waals surface area contributed by atoms with Crippen molar-refractivity contribution in [3.63, 3.8) is 0 Å². The van der Waals surface area contributed by atoms with Crippen LogP contribution >= 0.6 is 11.6 Å². The van der Waals surface area contributed by atoms with Gasteiger partial charge in [0.05, 0.1) is 31.6 Å². The van der Waals surface area contributed by atoms with Gasteiger partial charge in [0.2, 0.25) is 0 Å². The molecule has 1 saturated heterocycles. The first-order valence-electron chi connectivity index (χ1n) is 15.8. The Labute approximate surface area is 285 Å². The van der Waals surface area contributed by atoms with Gasteiger partial charge in [-0.1, -0.05) is 30.2 Å². The molecule has 48 heavy (non-hydrogen) atoms. The van der Waals surface area contributed by atoms with E-state index in [1.807, 2.05) is 0 Å². The van der Waals surface area contributed by atoms with Crippen LogP contribution in [0.25, 0.3) is 10.9 Å². The molecule has 0 bridgehead atoms. The Balaban J connectivity index is 1.28. The second kappa shape index (κ2) is 16.9. The standard InChI is InChI=1S/C35H40ClFN4O6S/c1-44-20-14-35(40-48(42,43)24-25-7-9-26(36)10-8-25)39-27-11-12-32(29(37)21-27)47-31-13-15-38-30-23-34(33(45-2)22-28(30)31)46-19-6-18-41-16-4-3-5-17-41/h7-13,15,21-23H,3-6,14,16-20,24H2,1-2H3,(H,39,40). The Hall–Kier alpha value is -3.97. The lowest BCUT2D eigenvalue weighted by Gasteiger charge is -2.26. The highest BCUT2D eigenvalue weighted by Gasteiger charge is 2.17. The van der Waals surface area contributed by atoms with E-state index in [0.29, 0.717) is 51.0 Å². The number of piperidine rings is 1. The van der Waals surface area contributed by atoms with E-state index in [0.717, 1.165) is 26.1 Å². The van der Waals surface area contributed by atoms with E-state index in [1.165, 1.54) is 38.5 Å². The summed E-state index contributed by atoms with van der Waals surface area (Å²) in [4.78, 5) is 6.94. The molecular weight excluding hydrogens is 659 g/mol. The van der Waals surface area contributed by atoms with E-state index in [-0.39, 0.29) is 30.4 Å². The minimum Gasteiger partial charge on any atom is -0.493 e. The van der Waals surface area contributed by atoms with Gasteiger partial charge >= 0.3 is 0 Å². The normalized spacial score (nSPS) is 14.2. The summed E-state index contributed by atoms with van der Waals surface area (Å²) in [7, 11) is -0.854. The highest BCUT2D eigenvalue weighted by molar-refractivity contribution is 7.89. The zero-order chi connectivity index (χ0) is 33.9. The van der Waals surface area contributed by atoms with Crippen LogP contribution in [0.3, 0.4) is 0 Å². The Morgan fingerprint density at radius 2 is 1.75 bits per heavy atom. The van der Waals surface area contributed by atoms with Crippen LogP contribution in [0, 0.1) is 5.82 Å². The van der Waals surface area contributed by atoms with E-state index in [4.69, 9.17) is 30.5 Å². The molecule has 0 radical (unpaired) electrons. The quantitative estimate of drug-likeness (QED) is 0.0768. The molecule has 2 heterocycles. The fourth-order valence-electron chi connectivity index (χ4n) is 5.41. The smallest absolute Gasteiger partial charge is 0.258 e. The van der Waals surface area contributed by atoms with Gasteiger partial charge in [0.1, 0.15) is 11.6 Å². The largest absolute Gasteiger partial charge is 0.493 e. The average Bonchev–Trinajstić information content (AvgIpc) is 3.07. The fourth-order valence-corrected chi connectivity index (χ4v) is 6.69. The molecule has 1 aliphatic rings. The second-order valence-corrected chi connectivity index (χ2v) is 13.5. The first-order chi connectivity index (χ1) is 23.2. The zero-order valence-electron chi connectivity index (χ0n) is 27.1. The molecule has 4 aromatic rings. The molecule has 10 nitrogen and oxygen atoms in total. The summed E-state index contributed by atoms with van der Waals surface area (Å²) in [5.41, 5.74) is 1.44. The lowest BCUT2D eigenvalue weighted by molar-refractivity contribution is 0.203. The minimum atomic E-state index is -3.92. The van der Waals surface area contributed by atoms with Crippen molar-refractivity contribution < 1.29 is 31.8 Å². The van der Waals surface area contributed by atoms with Crippen LogP contribution in [0.5, 0.6) is 23.0 Å². The summed E-state index contributed by atoms with van der Waals surface area (Å²) in [6, 6.07) is 15.9. The third-order valence-corrected chi connectivity index (χ3v) is 9.26. The first-order valence-corrected chi connectivity index (χ1v) is 17.8. The number of amidine groups is 1. The number of ether oxygens (including phenoxy) is 4. The third kappa shape index (κ3) is 10.0. The number of benzene rings is 3. The van der Waals surface area contributed by atoms with Gasteiger partial charge in [0, 0.05) is 54.5 Å². The van der Waals surface area contributed by atoms with E-state index in [2.05, 4.69) is 19.6 Å². The van der Waals surface area contributed by atoms with Crippen LogP contribution in [-0.4, -0.2) is 71.2 Å². The van der Waals surface area contributed by atoms with Crippen molar-refractivity contribution in [1.29, 1.82) is 0 Å². The van der Waals surface area contributed by atoms with Crippen LogP contribution in [0.1, 0.15) is 37.7 Å². The number of rotatable bonds is 15. The van der Waals surface area contributed by atoms with Crippen molar-refractivity contribution in [3.05, 3.63) is 83.3 Å². The maximum atomic E-state index is 15.4. The molecule has 256 valence electrons. The first kappa shape index (κ1) is 35.3. The predicted molar refractivity (Wildman–Crippen MR) is 187 cm³/mol. The Kier molecular flexibility index (Phi) is 12.5. The average molecular weight is 699 g/mol. The van der Waals surface area contributed by atoms with Crippen molar-refractivity contribution in [3.8, 4) is 23.0 Å². The molecular formula is C35H40ClFN4O6S. The molecule has 0 saturated carbocycles. The molecule has 0 unspecified atom stereocenters. The molecule has 5 rings (SSSR count). The number of hydrogen-bond donors (Lipinski definition) is 1. The van der Waals surface area contributed by atoms with E-state index in [1.54, 1.807) is 61.8 Å². The van der Waals surface area contributed by atoms with Gasteiger partial charge in [-0.3, -0.25) is 4.98 Å². The lowest BCUT2D eigenvalue weighted by atomic mass is 10.1. The number of nitrogens with zero attached hydrogens (tertiary/aromatic N) is 3. The van der Waals surface area contributed by atoms with Crippen molar-refractivity contribution in [2.45, 2.75) is 37.9 Å². The van der Waals surface area contributed by atoms with Crippen LogP contribution < -0.4 is 19.5 Å². The lowest BCUT2D eigenvalue weighted by Crippen LogP contribution is -2.31. The molecule has 3 aromatic carbocycles. The summed E-state index contributed by atoms with van der Waals surface area (Å²) in [6.07, 6.45) is 6.46. The molecule has 0 aliphatic carbocycles. The summed E-state index contributed by atoms with van der Waals surface area (Å²) in [5.74, 6) is 0.570. The zero-order valence-corrected chi connectivity index (χ0v) is 28.7. The molecule has 1 aliphatic heterocycles. The number of likely N-dealkylation sites (tertiary alicyclic amines) is 1. The Bertz CT molecular complexity index is 1820. The molecule has 1 aromatic heterocycles. The number of aromatic nitrogens is 1.